The van der Waals surface area contributed by atoms with Crippen LogP contribution in [0.15, 0.2) is 0 Å². The number of hydrogen-bond acceptors (Lipinski definition) is 1. The van der Waals surface area contributed by atoms with E-state index >= 15 is 0 Å². The maximum atomic E-state index is 13.1. The van der Waals surface area contributed by atoms with Crippen LogP contribution in [-0.2, 0) is 0 Å². The molecular formula is C13H24F3N. The lowest BCUT2D eigenvalue weighted by atomic mass is 9.81. The molecule has 1 heterocycles. The minimum atomic E-state index is -4.11. The molecule has 0 aromatic carbocycles. The highest BCUT2D eigenvalue weighted by Gasteiger charge is 2.49. The highest BCUT2D eigenvalue weighted by molar-refractivity contribution is 4.93. The second-order valence-electron chi connectivity index (χ2n) is 6.45. The van der Waals surface area contributed by atoms with Crippen LogP contribution in [0.2, 0.25) is 0 Å². The number of alkyl halides is 3. The molecule has 0 amide bonds. The van der Waals surface area contributed by atoms with Gasteiger partial charge in [0, 0.05) is 5.54 Å². The molecule has 0 radical (unpaired) electrons. The Labute approximate surface area is 102 Å². The lowest BCUT2D eigenvalue weighted by Crippen LogP contribution is -2.58. The van der Waals surface area contributed by atoms with Gasteiger partial charge in [-0.3, -0.25) is 4.90 Å². The molecule has 0 aromatic rings. The SMILES string of the molecule is CC(C)[C@H]1CCN(C(C)(C)C)[C@@H](C(F)(F)F)C1. The number of halogens is 3. The van der Waals surface area contributed by atoms with Crippen molar-refractivity contribution in [1.82, 2.24) is 4.90 Å². The molecule has 1 nitrogen and oxygen atoms in total. The average molecular weight is 251 g/mol. The lowest BCUT2D eigenvalue weighted by Gasteiger charge is -2.48. The summed E-state index contributed by atoms with van der Waals surface area (Å²) in [5.41, 5.74) is -0.415. The number of hydrogen-bond donors (Lipinski definition) is 0. The summed E-state index contributed by atoms with van der Waals surface area (Å²) in [6.45, 7) is 10.2. The third kappa shape index (κ3) is 3.60. The van der Waals surface area contributed by atoms with Crippen molar-refractivity contribution in [2.45, 2.75) is 65.2 Å². The van der Waals surface area contributed by atoms with Crippen molar-refractivity contribution >= 4 is 0 Å². The van der Waals surface area contributed by atoms with Crippen LogP contribution in [0, 0.1) is 11.8 Å². The van der Waals surface area contributed by atoms with Gasteiger partial charge in [-0.1, -0.05) is 13.8 Å². The van der Waals surface area contributed by atoms with E-state index in [1.165, 1.54) is 0 Å². The van der Waals surface area contributed by atoms with Gasteiger partial charge >= 0.3 is 6.18 Å². The molecule has 0 spiro atoms. The van der Waals surface area contributed by atoms with Gasteiger partial charge in [-0.2, -0.15) is 13.2 Å². The zero-order chi connectivity index (χ0) is 13.4. The topological polar surface area (TPSA) is 3.24 Å². The van der Waals surface area contributed by atoms with E-state index in [0.717, 1.165) is 6.42 Å². The van der Waals surface area contributed by atoms with Gasteiger partial charge in [0.25, 0.3) is 0 Å². The highest BCUT2D eigenvalue weighted by Crippen LogP contribution is 2.39. The van der Waals surface area contributed by atoms with Gasteiger partial charge < -0.3 is 0 Å². The van der Waals surface area contributed by atoms with Crippen molar-refractivity contribution in [2.24, 2.45) is 11.8 Å². The minimum absolute atomic E-state index is 0.195. The molecule has 102 valence electrons. The fourth-order valence-electron chi connectivity index (χ4n) is 2.71. The molecule has 2 atom stereocenters. The zero-order valence-electron chi connectivity index (χ0n) is 11.4. The Balaban J connectivity index is 2.88. The van der Waals surface area contributed by atoms with Crippen molar-refractivity contribution in [1.29, 1.82) is 0 Å². The Morgan fingerprint density at radius 3 is 2.00 bits per heavy atom. The van der Waals surface area contributed by atoms with Crippen molar-refractivity contribution in [3.05, 3.63) is 0 Å². The highest BCUT2D eigenvalue weighted by atomic mass is 19.4. The predicted molar refractivity (Wildman–Crippen MR) is 63.9 cm³/mol. The third-order valence-electron chi connectivity index (χ3n) is 3.83. The zero-order valence-corrected chi connectivity index (χ0v) is 11.4. The molecule has 4 heteroatoms. The Morgan fingerprint density at radius 2 is 1.65 bits per heavy atom. The van der Waals surface area contributed by atoms with Gasteiger partial charge in [0.05, 0.1) is 0 Å². The fourth-order valence-corrected chi connectivity index (χ4v) is 2.71. The summed E-state index contributed by atoms with van der Waals surface area (Å²) < 4.78 is 39.4. The number of likely N-dealkylation sites (tertiary alicyclic amines) is 1. The smallest absolute Gasteiger partial charge is 0.287 e. The summed E-state index contributed by atoms with van der Waals surface area (Å²) in [5.74, 6) is 0.530. The number of nitrogens with zero attached hydrogens (tertiary/aromatic N) is 1. The van der Waals surface area contributed by atoms with Gasteiger partial charge in [-0.25, -0.2) is 0 Å². The van der Waals surface area contributed by atoms with E-state index in [0.29, 0.717) is 12.5 Å². The first kappa shape index (κ1) is 14.8. The van der Waals surface area contributed by atoms with E-state index in [-0.39, 0.29) is 12.3 Å². The summed E-state index contributed by atoms with van der Waals surface area (Å²) in [6.07, 6.45) is -2.99. The second-order valence-corrected chi connectivity index (χ2v) is 6.45. The quantitative estimate of drug-likeness (QED) is 0.678. The number of piperidine rings is 1. The van der Waals surface area contributed by atoms with Gasteiger partial charge in [-0.05, 0) is 52.0 Å². The summed E-state index contributed by atoms with van der Waals surface area (Å²) in [5, 5.41) is 0. The van der Waals surface area contributed by atoms with Crippen LogP contribution < -0.4 is 0 Å². The molecule has 1 fully saturated rings. The third-order valence-corrected chi connectivity index (χ3v) is 3.83. The normalized spacial score (nSPS) is 28.8. The van der Waals surface area contributed by atoms with Crippen LogP contribution in [0.4, 0.5) is 13.2 Å². The first-order chi connectivity index (χ1) is 7.53. The van der Waals surface area contributed by atoms with Gasteiger partial charge in [0.1, 0.15) is 6.04 Å². The second kappa shape index (κ2) is 4.79. The van der Waals surface area contributed by atoms with E-state index in [4.69, 9.17) is 0 Å². The molecule has 1 rings (SSSR count). The maximum Gasteiger partial charge on any atom is 0.404 e. The van der Waals surface area contributed by atoms with Crippen molar-refractivity contribution < 1.29 is 13.2 Å². The van der Waals surface area contributed by atoms with Crippen molar-refractivity contribution in [2.75, 3.05) is 6.54 Å². The van der Waals surface area contributed by atoms with Crippen LogP contribution in [0.3, 0.4) is 0 Å². The van der Waals surface area contributed by atoms with Crippen molar-refractivity contribution in [3.8, 4) is 0 Å². The summed E-state index contributed by atoms with van der Waals surface area (Å²) >= 11 is 0. The predicted octanol–water partition coefficient (Wildman–Crippen LogP) is 4.08. The molecule has 0 unspecified atom stereocenters. The first-order valence-electron chi connectivity index (χ1n) is 6.37. The van der Waals surface area contributed by atoms with Crippen LogP contribution in [0.5, 0.6) is 0 Å². The standard InChI is InChI=1S/C13H24F3N/c1-9(2)10-6-7-17(12(3,4)5)11(8-10)13(14,15)16/h9-11H,6-8H2,1-5H3/t10-,11+/m0/s1. The molecule has 0 N–H and O–H groups in total. The largest absolute Gasteiger partial charge is 0.404 e. The van der Waals surface area contributed by atoms with Gasteiger partial charge in [0.2, 0.25) is 0 Å². The van der Waals surface area contributed by atoms with E-state index in [1.54, 1.807) is 4.90 Å². The van der Waals surface area contributed by atoms with Gasteiger partial charge in [-0.15, -0.1) is 0 Å². The summed E-state index contributed by atoms with van der Waals surface area (Å²) in [6, 6.07) is -1.27. The van der Waals surface area contributed by atoms with Crippen molar-refractivity contribution in [3.63, 3.8) is 0 Å². The Kier molecular flexibility index (Phi) is 4.17. The maximum absolute atomic E-state index is 13.1. The molecule has 1 aliphatic rings. The Bertz CT molecular complexity index is 252. The molecule has 1 aliphatic heterocycles. The molecular weight excluding hydrogens is 227 g/mol. The van der Waals surface area contributed by atoms with E-state index in [1.807, 2.05) is 34.6 Å². The Hall–Kier alpha value is -0.250. The minimum Gasteiger partial charge on any atom is -0.287 e. The summed E-state index contributed by atoms with van der Waals surface area (Å²) in [7, 11) is 0. The van der Waals surface area contributed by atoms with Crippen LogP contribution in [0.1, 0.15) is 47.5 Å². The lowest BCUT2D eigenvalue weighted by molar-refractivity contribution is -0.210. The molecule has 0 saturated carbocycles. The molecule has 0 aliphatic carbocycles. The monoisotopic (exact) mass is 251 g/mol. The van der Waals surface area contributed by atoms with Crippen LogP contribution >= 0.6 is 0 Å². The van der Waals surface area contributed by atoms with E-state index < -0.39 is 17.8 Å². The van der Waals surface area contributed by atoms with Gasteiger partial charge in [0.15, 0.2) is 0 Å². The summed E-state index contributed by atoms with van der Waals surface area (Å²) in [4.78, 5) is 1.62. The first-order valence-corrected chi connectivity index (χ1v) is 6.37. The Morgan fingerprint density at radius 1 is 1.12 bits per heavy atom. The molecule has 1 saturated heterocycles. The average Bonchev–Trinajstić information content (AvgIpc) is 2.14. The number of rotatable bonds is 1. The van der Waals surface area contributed by atoms with E-state index in [9.17, 15) is 13.2 Å². The van der Waals surface area contributed by atoms with Crippen LogP contribution in [-0.4, -0.2) is 29.2 Å². The molecule has 17 heavy (non-hydrogen) atoms. The van der Waals surface area contributed by atoms with Crippen LogP contribution in [0.25, 0.3) is 0 Å². The molecule has 0 bridgehead atoms. The van der Waals surface area contributed by atoms with E-state index in [2.05, 4.69) is 0 Å². The fraction of sp³-hybridized carbons (Fsp3) is 1.00. The molecule has 0 aromatic heterocycles.